The van der Waals surface area contributed by atoms with Crippen molar-refractivity contribution in [2.24, 2.45) is 5.41 Å². The van der Waals surface area contributed by atoms with E-state index in [0.29, 0.717) is 18.7 Å². The average molecular weight is 262 g/mol. The first-order valence-corrected chi connectivity index (χ1v) is 6.26. The summed E-state index contributed by atoms with van der Waals surface area (Å²) in [5.41, 5.74) is 6.33. The minimum atomic E-state index is -0.838. The molecule has 1 aromatic rings. The average Bonchev–Trinajstić information content (AvgIpc) is 2.76. The number of nitrogens with zero attached hydrogens (tertiary/aromatic N) is 1. The van der Waals surface area contributed by atoms with Gasteiger partial charge in [0.15, 0.2) is 0 Å². The summed E-state index contributed by atoms with van der Waals surface area (Å²) in [6, 6.07) is 7.15. The predicted octanol–water partition coefficient (Wildman–Crippen LogP) is 1.13. The monoisotopic (exact) mass is 262 g/mol. The molecule has 1 aromatic carbocycles. The van der Waals surface area contributed by atoms with Gasteiger partial charge in [-0.1, -0.05) is 12.1 Å². The summed E-state index contributed by atoms with van der Waals surface area (Å²) in [5.74, 6) is -0.870. The number of hydrogen-bond donors (Lipinski definition) is 2. The number of anilines is 1. The van der Waals surface area contributed by atoms with Gasteiger partial charge in [0, 0.05) is 18.8 Å². The third-order valence-electron chi connectivity index (χ3n) is 3.68. The lowest BCUT2D eigenvalue weighted by molar-refractivity contribution is -0.147. The number of aliphatic carboxylic acids is 1. The van der Waals surface area contributed by atoms with Crippen LogP contribution in [0.4, 0.5) is 5.69 Å². The maximum Gasteiger partial charge on any atom is 0.311 e. The van der Waals surface area contributed by atoms with Crippen LogP contribution in [-0.2, 0) is 16.0 Å². The van der Waals surface area contributed by atoms with Gasteiger partial charge < -0.3 is 15.7 Å². The van der Waals surface area contributed by atoms with Crippen molar-refractivity contribution in [3.63, 3.8) is 0 Å². The van der Waals surface area contributed by atoms with Crippen LogP contribution in [0.2, 0.25) is 0 Å². The van der Waals surface area contributed by atoms with Gasteiger partial charge in [-0.3, -0.25) is 9.59 Å². The Hall–Kier alpha value is -2.04. The molecule has 1 saturated heterocycles. The summed E-state index contributed by atoms with van der Waals surface area (Å²) in [6.07, 6.45) is 0.797. The molecule has 0 radical (unpaired) electrons. The van der Waals surface area contributed by atoms with Crippen molar-refractivity contribution in [2.75, 3.05) is 18.8 Å². The molecule has 1 heterocycles. The standard InChI is InChI=1S/C14H18N2O3/c1-14(13(18)19)6-7-16(9-14)12(17)8-10-2-4-11(15)5-3-10/h2-5H,6-9,15H2,1H3,(H,18,19). The minimum Gasteiger partial charge on any atom is -0.481 e. The van der Waals surface area contributed by atoms with Crippen molar-refractivity contribution in [3.05, 3.63) is 29.8 Å². The number of hydrogen-bond acceptors (Lipinski definition) is 3. The topological polar surface area (TPSA) is 83.6 Å². The zero-order valence-electron chi connectivity index (χ0n) is 10.9. The van der Waals surface area contributed by atoms with Crippen LogP contribution in [0.3, 0.4) is 0 Å². The molecule has 1 amide bonds. The Kier molecular flexibility index (Phi) is 3.46. The Labute approximate surface area is 112 Å². The van der Waals surface area contributed by atoms with Gasteiger partial charge >= 0.3 is 5.97 Å². The van der Waals surface area contributed by atoms with E-state index in [1.807, 2.05) is 12.1 Å². The molecular formula is C14H18N2O3. The van der Waals surface area contributed by atoms with E-state index in [1.54, 1.807) is 24.0 Å². The molecule has 0 bridgehead atoms. The fourth-order valence-electron chi connectivity index (χ4n) is 2.27. The highest BCUT2D eigenvalue weighted by atomic mass is 16.4. The van der Waals surface area contributed by atoms with Crippen molar-refractivity contribution >= 4 is 17.6 Å². The Morgan fingerprint density at radius 3 is 2.53 bits per heavy atom. The number of benzene rings is 1. The van der Waals surface area contributed by atoms with Gasteiger partial charge in [0.05, 0.1) is 11.8 Å². The van der Waals surface area contributed by atoms with Crippen molar-refractivity contribution in [2.45, 2.75) is 19.8 Å². The maximum absolute atomic E-state index is 12.1. The lowest BCUT2D eigenvalue weighted by Crippen LogP contribution is -2.35. The Bertz CT molecular complexity index is 498. The molecule has 0 spiro atoms. The van der Waals surface area contributed by atoms with Crippen LogP contribution in [0, 0.1) is 5.41 Å². The van der Waals surface area contributed by atoms with Gasteiger partial charge in [-0.2, -0.15) is 0 Å². The third kappa shape index (κ3) is 2.86. The van der Waals surface area contributed by atoms with E-state index in [-0.39, 0.29) is 18.9 Å². The number of carbonyl (C=O) groups is 2. The van der Waals surface area contributed by atoms with Crippen LogP contribution in [0.5, 0.6) is 0 Å². The summed E-state index contributed by atoms with van der Waals surface area (Å²) in [6.45, 7) is 2.48. The molecule has 19 heavy (non-hydrogen) atoms. The molecule has 5 nitrogen and oxygen atoms in total. The van der Waals surface area contributed by atoms with Crippen molar-refractivity contribution in [1.29, 1.82) is 0 Å². The first-order valence-electron chi connectivity index (χ1n) is 6.26. The first-order chi connectivity index (χ1) is 8.90. The molecule has 0 aliphatic carbocycles. The highest BCUT2D eigenvalue weighted by Gasteiger charge is 2.41. The molecular weight excluding hydrogens is 244 g/mol. The van der Waals surface area contributed by atoms with Crippen LogP contribution in [0.15, 0.2) is 24.3 Å². The molecule has 0 saturated carbocycles. The molecule has 1 aliphatic heterocycles. The van der Waals surface area contributed by atoms with Gasteiger partial charge in [0.25, 0.3) is 0 Å². The second kappa shape index (κ2) is 4.91. The highest BCUT2D eigenvalue weighted by Crippen LogP contribution is 2.30. The number of carboxylic acids is 1. The summed E-state index contributed by atoms with van der Waals surface area (Å²) in [7, 11) is 0. The minimum absolute atomic E-state index is 0.0326. The molecule has 1 atom stereocenters. The Balaban J connectivity index is 1.98. The molecule has 1 aliphatic rings. The van der Waals surface area contributed by atoms with E-state index in [2.05, 4.69) is 0 Å². The quantitative estimate of drug-likeness (QED) is 0.800. The number of nitrogens with two attached hydrogens (primary N) is 1. The van der Waals surface area contributed by atoms with Crippen LogP contribution in [0.25, 0.3) is 0 Å². The van der Waals surface area contributed by atoms with E-state index in [0.717, 1.165) is 5.56 Å². The van der Waals surface area contributed by atoms with Crippen molar-refractivity contribution in [3.8, 4) is 0 Å². The molecule has 1 fully saturated rings. The zero-order valence-corrected chi connectivity index (χ0v) is 10.9. The summed E-state index contributed by atoms with van der Waals surface area (Å²) >= 11 is 0. The molecule has 5 heteroatoms. The molecule has 2 rings (SSSR count). The predicted molar refractivity (Wildman–Crippen MR) is 71.5 cm³/mol. The van der Waals surface area contributed by atoms with Gasteiger partial charge in [0.2, 0.25) is 5.91 Å². The summed E-state index contributed by atoms with van der Waals surface area (Å²) < 4.78 is 0. The first kappa shape index (κ1) is 13.4. The van der Waals surface area contributed by atoms with Gasteiger partial charge in [0.1, 0.15) is 0 Å². The number of carboxylic acid groups (broad SMARTS) is 1. The van der Waals surface area contributed by atoms with E-state index in [9.17, 15) is 9.59 Å². The fraction of sp³-hybridized carbons (Fsp3) is 0.429. The molecule has 1 unspecified atom stereocenters. The zero-order chi connectivity index (χ0) is 14.0. The van der Waals surface area contributed by atoms with Crippen LogP contribution in [-0.4, -0.2) is 35.0 Å². The fourth-order valence-corrected chi connectivity index (χ4v) is 2.27. The molecule has 3 N–H and O–H groups in total. The number of nitrogen functional groups attached to an aromatic ring is 1. The summed E-state index contributed by atoms with van der Waals surface area (Å²) in [5, 5.41) is 9.14. The van der Waals surface area contributed by atoms with Crippen LogP contribution >= 0.6 is 0 Å². The van der Waals surface area contributed by atoms with E-state index < -0.39 is 11.4 Å². The van der Waals surface area contributed by atoms with E-state index in [4.69, 9.17) is 10.8 Å². The normalized spacial score (nSPS) is 22.5. The molecule has 102 valence electrons. The Morgan fingerprint density at radius 1 is 1.37 bits per heavy atom. The number of amides is 1. The lowest BCUT2D eigenvalue weighted by atomic mass is 9.90. The largest absolute Gasteiger partial charge is 0.481 e. The second-order valence-corrected chi connectivity index (χ2v) is 5.35. The number of carbonyl (C=O) groups excluding carboxylic acids is 1. The maximum atomic E-state index is 12.1. The lowest BCUT2D eigenvalue weighted by Gasteiger charge is -2.20. The van der Waals surface area contributed by atoms with E-state index >= 15 is 0 Å². The van der Waals surface area contributed by atoms with Crippen molar-refractivity contribution in [1.82, 2.24) is 4.90 Å². The van der Waals surface area contributed by atoms with Gasteiger partial charge in [-0.25, -0.2) is 0 Å². The van der Waals surface area contributed by atoms with Gasteiger partial charge in [-0.15, -0.1) is 0 Å². The SMILES string of the molecule is CC1(C(=O)O)CCN(C(=O)Cc2ccc(N)cc2)C1. The van der Waals surface area contributed by atoms with Crippen LogP contribution in [0.1, 0.15) is 18.9 Å². The van der Waals surface area contributed by atoms with Crippen LogP contribution < -0.4 is 5.73 Å². The van der Waals surface area contributed by atoms with Crippen molar-refractivity contribution < 1.29 is 14.7 Å². The highest BCUT2D eigenvalue weighted by molar-refractivity contribution is 5.82. The second-order valence-electron chi connectivity index (χ2n) is 5.35. The third-order valence-corrected chi connectivity index (χ3v) is 3.68. The number of likely N-dealkylation sites (tertiary alicyclic amines) is 1. The van der Waals surface area contributed by atoms with Gasteiger partial charge in [-0.05, 0) is 31.0 Å². The van der Waals surface area contributed by atoms with E-state index in [1.165, 1.54) is 0 Å². The number of rotatable bonds is 3. The summed E-state index contributed by atoms with van der Waals surface area (Å²) in [4.78, 5) is 24.9. The Morgan fingerprint density at radius 2 is 2.00 bits per heavy atom. The smallest absolute Gasteiger partial charge is 0.311 e. The molecule has 0 aromatic heterocycles.